The molecule has 0 aliphatic carbocycles. The number of carbonyl (C=O) groups is 1. The van der Waals surface area contributed by atoms with Gasteiger partial charge in [-0.15, -0.1) is 0 Å². The van der Waals surface area contributed by atoms with E-state index in [-0.39, 0.29) is 11.5 Å². The van der Waals surface area contributed by atoms with E-state index in [1.807, 2.05) is 57.2 Å². The Bertz CT molecular complexity index is 674. The van der Waals surface area contributed by atoms with E-state index in [0.29, 0.717) is 5.56 Å². The maximum absolute atomic E-state index is 12.3. The predicted octanol–water partition coefficient (Wildman–Crippen LogP) is 3.60. The fraction of sp³-hybridized carbons (Fsp3) is 0.235. The molecule has 3 heteroatoms. The normalized spacial score (nSPS) is 12.2. The average Bonchev–Trinajstić information content (AvgIpc) is 2.42. The summed E-state index contributed by atoms with van der Waals surface area (Å²) in [7, 11) is -1.29. The van der Waals surface area contributed by atoms with Crippen LogP contribution < -0.4 is 0 Å². The van der Waals surface area contributed by atoms with Crippen LogP contribution in [0, 0.1) is 20.8 Å². The minimum absolute atomic E-state index is 0.0351. The highest BCUT2D eigenvalue weighted by Gasteiger charge is 2.14. The first kappa shape index (κ1) is 14.7. The maximum Gasteiger partial charge on any atom is 0.175 e. The van der Waals surface area contributed by atoms with Gasteiger partial charge in [-0.25, -0.2) is 0 Å². The molecule has 0 bridgehead atoms. The van der Waals surface area contributed by atoms with Gasteiger partial charge in [-0.1, -0.05) is 30.3 Å². The monoisotopic (exact) mass is 286 g/mol. The summed E-state index contributed by atoms with van der Waals surface area (Å²) in [5, 5.41) is 0. The number of Topliss-reactive ketones (excluding diaryl/α,β-unsaturated/α-hetero) is 1. The summed E-state index contributed by atoms with van der Waals surface area (Å²) in [5.74, 6) is -0.0393. The van der Waals surface area contributed by atoms with Crippen molar-refractivity contribution in [1.29, 1.82) is 0 Å². The van der Waals surface area contributed by atoms with Crippen LogP contribution in [0.25, 0.3) is 0 Å². The van der Waals surface area contributed by atoms with Crippen LogP contribution in [-0.4, -0.2) is 15.7 Å². The zero-order valence-corrected chi connectivity index (χ0v) is 12.8. The summed E-state index contributed by atoms with van der Waals surface area (Å²) in [6.07, 6.45) is 0. The van der Waals surface area contributed by atoms with Crippen molar-refractivity contribution in [2.45, 2.75) is 25.7 Å². The highest BCUT2D eigenvalue weighted by Crippen LogP contribution is 2.15. The minimum atomic E-state index is -1.29. The van der Waals surface area contributed by atoms with Crippen molar-refractivity contribution in [3.05, 3.63) is 64.7 Å². The smallest absolute Gasteiger partial charge is 0.175 e. The summed E-state index contributed by atoms with van der Waals surface area (Å²) in [6, 6.07) is 13.1. The number of rotatable bonds is 4. The Hall–Kier alpha value is -1.74. The van der Waals surface area contributed by atoms with E-state index in [1.54, 1.807) is 6.07 Å². The maximum atomic E-state index is 12.3. The van der Waals surface area contributed by atoms with Crippen LogP contribution in [0.2, 0.25) is 0 Å². The molecule has 0 heterocycles. The molecule has 1 atom stereocenters. The largest absolute Gasteiger partial charge is 0.293 e. The molecule has 0 radical (unpaired) electrons. The van der Waals surface area contributed by atoms with E-state index in [0.717, 1.165) is 21.6 Å². The molecule has 0 aliphatic rings. The van der Waals surface area contributed by atoms with Crippen LogP contribution in [0.15, 0.2) is 47.4 Å². The SMILES string of the molecule is Cc1ccc(C(=O)CS(=O)c2ccccc2C)cc1C. The van der Waals surface area contributed by atoms with Gasteiger partial charge in [0.05, 0.1) is 16.6 Å². The topological polar surface area (TPSA) is 34.1 Å². The summed E-state index contributed by atoms with van der Waals surface area (Å²) in [5.41, 5.74) is 3.83. The van der Waals surface area contributed by atoms with Gasteiger partial charge in [-0.2, -0.15) is 0 Å². The van der Waals surface area contributed by atoms with Gasteiger partial charge in [-0.05, 0) is 49.6 Å². The van der Waals surface area contributed by atoms with Gasteiger partial charge in [0.1, 0.15) is 0 Å². The Kier molecular flexibility index (Phi) is 4.50. The summed E-state index contributed by atoms with van der Waals surface area (Å²) >= 11 is 0. The first-order valence-corrected chi connectivity index (χ1v) is 7.85. The first-order chi connectivity index (χ1) is 9.49. The molecule has 2 nitrogen and oxygen atoms in total. The Labute approximate surface area is 122 Å². The van der Waals surface area contributed by atoms with Gasteiger partial charge in [0.2, 0.25) is 0 Å². The number of benzene rings is 2. The molecule has 2 aromatic carbocycles. The zero-order chi connectivity index (χ0) is 14.7. The lowest BCUT2D eigenvalue weighted by atomic mass is 10.0. The van der Waals surface area contributed by atoms with Gasteiger partial charge in [0.15, 0.2) is 5.78 Å². The van der Waals surface area contributed by atoms with Crippen molar-refractivity contribution in [3.63, 3.8) is 0 Å². The lowest BCUT2D eigenvalue weighted by Crippen LogP contribution is -2.12. The molecular weight excluding hydrogens is 268 g/mol. The molecule has 0 spiro atoms. The molecule has 0 aliphatic heterocycles. The molecule has 2 rings (SSSR count). The second kappa shape index (κ2) is 6.14. The Morgan fingerprint density at radius 3 is 2.30 bits per heavy atom. The Morgan fingerprint density at radius 1 is 0.950 bits per heavy atom. The molecule has 0 fully saturated rings. The van der Waals surface area contributed by atoms with Gasteiger partial charge < -0.3 is 0 Å². The average molecular weight is 286 g/mol. The molecule has 0 saturated carbocycles. The number of hydrogen-bond donors (Lipinski definition) is 0. The Balaban J connectivity index is 2.17. The van der Waals surface area contributed by atoms with E-state index in [9.17, 15) is 9.00 Å². The third-order valence-electron chi connectivity index (χ3n) is 3.43. The fourth-order valence-corrected chi connectivity index (χ4v) is 3.22. The molecule has 1 unspecified atom stereocenters. The Morgan fingerprint density at radius 2 is 1.65 bits per heavy atom. The van der Waals surface area contributed by atoms with Crippen molar-refractivity contribution < 1.29 is 9.00 Å². The second-order valence-corrected chi connectivity index (χ2v) is 6.40. The highest BCUT2D eigenvalue weighted by atomic mass is 32.2. The first-order valence-electron chi connectivity index (χ1n) is 6.53. The molecule has 20 heavy (non-hydrogen) atoms. The molecule has 2 aromatic rings. The third-order valence-corrected chi connectivity index (χ3v) is 4.90. The van der Waals surface area contributed by atoms with Crippen LogP contribution in [-0.2, 0) is 10.8 Å². The van der Waals surface area contributed by atoms with Crippen molar-refractivity contribution in [1.82, 2.24) is 0 Å². The molecule has 0 N–H and O–H groups in total. The fourth-order valence-electron chi connectivity index (χ4n) is 2.01. The van der Waals surface area contributed by atoms with Crippen LogP contribution in [0.3, 0.4) is 0 Å². The second-order valence-electron chi connectivity index (χ2n) is 4.98. The van der Waals surface area contributed by atoms with Gasteiger partial charge in [-0.3, -0.25) is 9.00 Å². The van der Waals surface area contributed by atoms with Crippen LogP contribution in [0.1, 0.15) is 27.0 Å². The number of hydrogen-bond acceptors (Lipinski definition) is 2. The quantitative estimate of drug-likeness (QED) is 0.805. The molecule has 0 saturated heterocycles. The number of carbonyl (C=O) groups excluding carboxylic acids is 1. The van der Waals surface area contributed by atoms with E-state index in [1.165, 1.54) is 0 Å². The lowest BCUT2D eigenvalue weighted by Gasteiger charge is -2.07. The van der Waals surface area contributed by atoms with E-state index >= 15 is 0 Å². The summed E-state index contributed by atoms with van der Waals surface area (Å²) < 4.78 is 12.3. The third kappa shape index (κ3) is 3.23. The van der Waals surface area contributed by atoms with Gasteiger partial charge >= 0.3 is 0 Å². The van der Waals surface area contributed by atoms with Gasteiger partial charge in [0.25, 0.3) is 0 Å². The van der Waals surface area contributed by atoms with Crippen LogP contribution >= 0.6 is 0 Å². The zero-order valence-electron chi connectivity index (χ0n) is 12.0. The van der Waals surface area contributed by atoms with E-state index in [2.05, 4.69) is 0 Å². The predicted molar refractivity (Wildman–Crippen MR) is 82.7 cm³/mol. The van der Waals surface area contributed by atoms with Crippen molar-refractivity contribution in [2.24, 2.45) is 0 Å². The van der Waals surface area contributed by atoms with Gasteiger partial charge in [0, 0.05) is 10.5 Å². The van der Waals surface area contributed by atoms with E-state index < -0.39 is 10.8 Å². The van der Waals surface area contributed by atoms with Crippen LogP contribution in [0.5, 0.6) is 0 Å². The minimum Gasteiger partial charge on any atom is -0.293 e. The number of ketones is 1. The highest BCUT2D eigenvalue weighted by molar-refractivity contribution is 7.85. The molecule has 0 amide bonds. The van der Waals surface area contributed by atoms with Crippen molar-refractivity contribution in [3.8, 4) is 0 Å². The van der Waals surface area contributed by atoms with Crippen molar-refractivity contribution >= 4 is 16.6 Å². The summed E-state index contributed by atoms with van der Waals surface area (Å²) in [4.78, 5) is 13.0. The van der Waals surface area contributed by atoms with Crippen LogP contribution in [0.4, 0.5) is 0 Å². The molecule has 0 aromatic heterocycles. The number of aryl methyl sites for hydroxylation is 3. The summed E-state index contributed by atoms with van der Waals surface area (Å²) in [6.45, 7) is 5.90. The standard InChI is InChI=1S/C17H18O2S/c1-12-8-9-15(10-14(12)3)16(18)11-20(19)17-7-5-4-6-13(17)2/h4-10H,11H2,1-3H3. The molecule has 104 valence electrons. The van der Waals surface area contributed by atoms with E-state index in [4.69, 9.17) is 0 Å². The molecular formula is C17H18O2S. The van der Waals surface area contributed by atoms with Crippen molar-refractivity contribution in [2.75, 3.05) is 5.75 Å². The lowest BCUT2D eigenvalue weighted by molar-refractivity contribution is 0.102.